The monoisotopic (exact) mass is 296 g/mol. The highest BCUT2D eigenvalue weighted by Gasteiger charge is 2.27. The summed E-state index contributed by atoms with van der Waals surface area (Å²) in [4.78, 5) is 14.1. The van der Waals surface area contributed by atoms with Crippen LogP contribution in [0.15, 0.2) is 24.3 Å². The van der Waals surface area contributed by atoms with Crippen molar-refractivity contribution in [1.82, 2.24) is 10.2 Å². The fourth-order valence-electron chi connectivity index (χ4n) is 2.56. The number of nitrogens with zero attached hydrogens (tertiary/aromatic N) is 1. The number of carbonyl (C=O) groups is 1. The van der Waals surface area contributed by atoms with Gasteiger partial charge in [0.1, 0.15) is 6.61 Å². The van der Waals surface area contributed by atoms with E-state index < -0.39 is 0 Å². The van der Waals surface area contributed by atoms with E-state index in [0.717, 1.165) is 31.5 Å². The fourth-order valence-corrected chi connectivity index (χ4v) is 2.75. The predicted molar refractivity (Wildman–Crippen MR) is 79.8 cm³/mol. The molecule has 1 aliphatic heterocycles. The molecule has 0 aromatic heterocycles. The third-order valence-corrected chi connectivity index (χ3v) is 3.95. The lowest BCUT2D eigenvalue weighted by Crippen LogP contribution is -2.42. The standard InChI is InChI=1S/C15H21ClN2O2/c1-17-9-13-6-4-8-18(13)15(19)11-20-10-12-5-2-3-7-14(12)16/h2-3,5,7,13,17H,4,6,8-11H2,1H3/t13-/m1/s1. The Morgan fingerprint density at radius 3 is 3.05 bits per heavy atom. The third-order valence-electron chi connectivity index (χ3n) is 3.58. The topological polar surface area (TPSA) is 41.6 Å². The minimum Gasteiger partial charge on any atom is -0.367 e. The summed E-state index contributed by atoms with van der Waals surface area (Å²) in [5.41, 5.74) is 0.912. The molecule has 1 atom stereocenters. The number of likely N-dealkylation sites (N-methyl/N-ethyl adjacent to an activating group) is 1. The second kappa shape index (κ2) is 7.62. The van der Waals surface area contributed by atoms with Crippen LogP contribution in [-0.4, -0.2) is 43.6 Å². The molecule has 2 rings (SSSR count). The summed E-state index contributed by atoms with van der Waals surface area (Å²) in [6.07, 6.45) is 2.14. The first-order chi connectivity index (χ1) is 9.72. The summed E-state index contributed by atoms with van der Waals surface area (Å²) in [5.74, 6) is 0.0646. The Hall–Kier alpha value is -1.10. The van der Waals surface area contributed by atoms with E-state index in [1.165, 1.54) is 0 Å². The lowest BCUT2D eigenvalue weighted by atomic mass is 10.2. The molecule has 20 heavy (non-hydrogen) atoms. The van der Waals surface area contributed by atoms with Crippen LogP contribution in [0.2, 0.25) is 5.02 Å². The minimum atomic E-state index is 0.0646. The van der Waals surface area contributed by atoms with Crippen molar-refractivity contribution in [3.05, 3.63) is 34.9 Å². The van der Waals surface area contributed by atoms with Gasteiger partial charge < -0.3 is 15.0 Å². The molecule has 4 nitrogen and oxygen atoms in total. The zero-order valence-corrected chi connectivity index (χ0v) is 12.5. The SMILES string of the molecule is CNC[C@H]1CCCN1C(=O)COCc1ccccc1Cl. The van der Waals surface area contributed by atoms with Crippen molar-refractivity contribution in [1.29, 1.82) is 0 Å². The van der Waals surface area contributed by atoms with Crippen LogP contribution < -0.4 is 5.32 Å². The summed E-state index contributed by atoms with van der Waals surface area (Å²) in [6.45, 7) is 2.16. The molecule has 1 heterocycles. The van der Waals surface area contributed by atoms with Gasteiger partial charge in [0.05, 0.1) is 6.61 Å². The minimum absolute atomic E-state index is 0.0646. The first kappa shape index (κ1) is 15.3. The molecule has 0 unspecified atom stereocenters. The van der Waals surface area contributed by atoms with Gasteiger partial charge in [0.2, 0.25) is 5.91 Å². The maximum absolute atomic E-state index is 12.1. The van der Waals surface area contributed by atoms with Crippen molar-refractivity contribution in [2.75, 3.05) is 26.7 Å². The zero-order valence-electron chi connectivity index (χ0n) is 11.8. The number of benzene rings is 1. The summed E-state index contributed by atoms with van der Waals surface area (Å²) >= 11 is 6.05. The van der Waals surface area contributed by atoms with Crippen molar-refractivity contribution < 1.29 is 9.53 Å². The van der Waals surface area contributed by atoms with Crippen LogP contribution in [0.25, 0.3) is 0 Å². The Bertz CT molecular complexity index is 453. The summed E-state index contributed by atoms with van der Waals surface area (Å²) < 4.78 is 5.51. The highest BCUT2D eigenvalue weighted by molar-refractivity contribution is 6.31. The Balaban J connectivity index is 1.79. The second-order valence-corrected chi connectivity index (χ2v) is 5.43. The van der Waals surface area contributed by atoms with E-state index in [1.807, 2.05) is 36.2 Å². The Morgan fingerprint density at radius 2 is 2.30 bits per heavy atom. The Kier molecular flexibility index (Phi) is 5.83. The first-order valence-corrected chi connectivity index (χ1v) is 7.35. The lowest BCUT2D eigenvalue weighted by molar-refractivity contribution is -0.137. The number of halogens is 1. The average Bonchev–Trinajstić information content (AvgIpc) is 2.89. The molecule has 1 aromatic rings. The maximum atomic E-state index is 12.1. The van der Waals surface area contributed by atoms with E-state index >= 15 is 0 Å². The van der Waals surface area contributed by atoms with Crippen molar-refractivity contribution in [3.8, 4) is 0 Å². The van der Waals surface area contributed by atoms with Gasteiger partial charge in [-0.15, -0.1) is 0 Å². The maximum Gasteiger partial charge on any atom is 0.248 e. The quantitative estimate of drug-likeness (QED) is 0.874. The fraction of sp³-hybridized carbons (Fsp3) is 0.533. The molecule has 1 amide bonds. The number of likely N-dealkylation sites (tertiary alicyclic amines) is 1. The second-order valence-electron chi connectivity index (χ2n) is 5.03. The Morgan fingerprint density at radius 1 is 1.50 bits per heavy atom. The molecule has 1 aliphatic rings. The van der Waals surface area contributed by atoms with Crippen LogP contribution in [0.3, 0.4) is 0 Å². The summed E-state index contributed by atoms with van der Waals surface area (Å²) in [7, 11) is 1.91. The molecule has 0 spiro atoms. The number of rotatable bonds is 6. The first-order valence-electron chi connectivity index (χ1n) is 6.97. The largest absolute Gasteiger partial charge is 0.367 e. The van der Waals surface area contributed by atoms with Crippen LogP contribution >= 0.6 is 11.6 Å². The van der Waals surface area contributed by atoms with Gasteiger partial charge in [-0.2, -0.15) is 0 Å². The van der Waals surface area contributed by atoms with E-state index in [0.29, 0.717) is 17.7 Å². The number of carbonyl (C=O) groups excluding carboxylic acids is 1. The van der Waals surface area contributed by atoms with Gasteiger partial charge in [0.25, 0.3) is 0 Å². The number of hydrogen-bond acceptors (Lipinski definition) is 3. The smallest absolute Gasteiger partial charge is 0.248 e. The van der Waals surface area contributed by atoms with Gasteiger partial charge >= 0.3 is 0 Å². The highest BCUT2D eigenvalue weighted by Crippen LogP contribution is 2.18. The van der Waals surface area contributed by atoms with E-state index in [2.05, 4.69) is 5.32 Å². The van der Waals surface area contributed by atoms with Gasteiger partial charge in [0.15, 0.2) is 0 Å². The predicted octanol–water partition coefficient (Wildman–Crippen LogP) is 2.07. The molecule has 1 saturated heterocycles. The van der Waals surface area contributed by atoms with Gasteiger partial charge in [-0.25, -0.2) is 0 Å². The molecular formula is C15H21ClN2O2. The summed E-state index contributed by atoms with van der Waals surface area (Å²) in [6, 6.07) is 7.83. The number of ether oxygens (including phenoxy) is 1. The van der Waals surface area contributed by atoms with Crippen molar-refractivity contribution in [2.45, 2.75) is 25.5 Å². The van der Waals surface area contributed by atoms with Crippen LogP contribution in [0.4, 0.5) is 0 Å². The molecule has 0 aliphatic carbocycles. The van der Waals surface area contributed by atoms with Crippen molar-refractivity contribution >= 4 is 17.5 Å². The van der Waals surface area contributed by atoms with E-state index in [1.54, 1.807) is 0 Å². The molecular weight excluding hydrogens is 276 g/mol. The average molecular weight is 297 g/mol. The van der Waals surface area contributed by atoms with Crippen molar-refractivity contribution in [2.24, 2.45) is 0 Å². The van der Waals surface area contributed by atoms with Gasteiger partial charge in [-0.1, -0.05) is 29.8 Å². The van der Waals surface area contributed by atoms with Crippen LogP contribution in [0, 0.1) is 0 Å². The van der Waals surface area contributed by atoms with Crippen molar-refractivity contribution in [3.63, 3.8) is 0 Å². The normalized spacial score (nSPS) is 18.5. The van der Waals surface area contributed by atoms with E-state index in [4.69, 9.17) is 16.3 Å². The number of nitrogens with one attached hydrogen (secondary N) is 1. The van der Waals surface area contributed by atoms with E-state index in [-0.39, 0.29) is 12.5 Å². The molecule has 1 N–H and O–H groups in total. The molecule has 0 bridgehead atoms. The third kappa shape index (κ3) is 3.95. The van der Waals surface area contributed by atoms with Crippen LogP contribution in [0.1, 0.15) is 18.4 Å². The Labute approximate surface area is 125 Å². The highest BCUT2D eigenvalue weighted by atomic mass is 35.5. The van der Waals surface area contributed by atoms with Crippen LogP contribution in [-0.2, 0) is 16.1 Å². The van der Waals surface area contributed by atoms with Gasteiger partial charge in [-0.05, 0) is 31.5 Å². The molecule has 1 fully saturated rings. The van der Waals surface area contributed by atoms with Gasteiger partial charge in [0, 0.05) is 24.2 Å². The zero-order chi connectivity index (χ0) is 14.4. The molecule has 110 valence electrons. The summed E-state index contributed by atoms with van der Waals surface area (Å²) in [5, 5.41) is 3.81. The van der Waals surface area contributed by atoms with Crippen LogP contribution in [0.5, 0.6) is 0 Å². The molecule has 1 aromatic carbocycles. The lowest BCUT2D eigenvalue weighted by Gasteiger charge is -2.24. The number of hydrogen-bond donors (Lipinski definition) is 1. The van der Waals surface area contributed by atoms with Gasteiger partial charge in [-0.3, -0.25) is 4.79 Å². The molecule has 5 heteroatoms. The molecule has 0 radical (unpaired) electrons. The number of amides is 1. The van der Waals surface area contributed by atoms with E-state index in [9.17, 15) is 4.79 Å². The molecule has 0 saturated carbocycles.